The summed E-state index contributed by atoms with van der Waals surface area (Å²) in [6.07, 6.45) is 9.55. The lowest BCUT2D eigenvalue weighted by molar-refractivity contribution is 0.524. The first-order valence-corrected chi connectivity index (χ1v) is 6.76. The van der Waals surface area contributed by atoms with Crippen molar-refractivity contribution in [3.05, 3.63) is 34.9 Å². The molecule has 1 aromatic rings. The topological polar surface area (TPSA) is 12.0 Å². The van der Waals surface area contributed by atoms with E-state index >= 15 is 0 Å². The average Bonchev–Trinajstić information content (AvgIpc) is 2.97. The van der Waals surface area contributed by atoms with Crippen LogP contribution >= 0.6 is 0 Å². The van der Waals surface area contributed by atoms with Crippen molar-refractivity contribution in [2.45, 2.75) is 57.5 Å². The summed E-state index contributed by atoms with van der Waals surface area (Å²) in [4.78, 5) is 0. The molecule has 1 nitrogen and oxygen atoms in total. The molecule has 3 rings (SSSR count). The van der Waals surface area contributed by atoms with E-state index in [1.165, 1.54) is 50.5 Å². The van der Waals surface area contributed by atoms with Crippen molar-refractivity contribution in [2.24, 2.45) is 0 Å². The van der Waals surface area contributed by atoms with Gasteiger partial charge >= 0.3 is 0 Å². The van der Waals surface area contributed by atoms with Crippen LogP contribution in [0.25, 0.3) is 0 Å². The van der Waals surface area contributed by atoms with Crippen LogP contribution in [0.4, 0.5) is 0 Å². The molecule has 2 aliphatic carbocycles. The first-order chi connectivity index (χ1) is 7.92. The molecule has 16 heavy (non-hydrogen) atoms. The van der Waals surface area contributed by atoms with Gasteiger partial charge in [0.2, 0.25) is 0 Å². The molecule has 0 atom stereocenters. The van der Waals surface area contributed by atoms with Gasteiger partial charge in [-0.15, -0.1) is 0 Å². The zero-order valence-electron chi connectivity index (χ0n) is 9.97. The second-order valence-corrected chi connectivity index (χ2v) is 5.32. The highest BCUT2D eigenvalue weighted by Gasteiger charge is 2.15. The standard InChI is InChI=1S/C15H21N/c1-2-7-15(6-1)16-11-12-8-9-13-4-3-5-14(13)10-12/h8-10,15-16H,1-7,11H2. The van der Waals surface area contributed by atoms with Gasteiger partial charge in [0.05, 0.1) is 0 Å². The molecule has 2 aliphatic rings. The zero-order valence-corrected chi connectivity index (χ0v) is 9.97. The fourth-order valence-electron chi connectivity index (χ4n) is 3.13. The molecule has 1 heteroatoms. The van der Waals surface area contributed by atoms with Crippen molar-refractivity contribution in [1.82, 2.24) is 5.32 Å². The Morgan fingerprint density at radius 3 is 2.69 bits per heavy atom. The molecule has 1 aromatic carbocycles. The number of aryl methyl sites for hydroxylation is 2. The quantitative estimate of drug-likeness (QED) is 0.816. The summed E-state index contributed by atoms with van der Waals surface area (Å²) in [5, 5.41) is 3.69. The maximum absolute atomic E-state index is 3.69. The maximum Gasteiger partial charge on any atom is 0.0208 e. The van der Waals surface area contributed by atoms with Crippen molar-refractivity contribution in [3.8, 4) is 0 Å². The summed E-state index contributed by atoms with van der Waals surface area (Å²) in [5.74, 6) is 0. The first-order valence-electron chi connectivity index (χ1n) is 6.76. The highest BCUT2D eigenvalue weighted by Crippen LogP contribution is 2.23. The fraction of sp³-hybridized carbons (Fsp3) is 0.600. The molecule has 1 fully saturated rings. The van der Waals surface area contributed by atoms with Crippen molar-refractivity contribution in [3.63, 3.8) is 0 Å². The molecule has 0 bridgehead atoms. The molecule has 0 aliphatic heterocycles. The summed E-state index contributed by atoms with van der Waals surface area (Å²) in [5.41, 5.74) is 4.67. The number of benzene rings is 1. The van der Waals surface area contributed by atoms with E-state index in [1.807, 2.05) is 0 Å². The van der Waals surface area contributed by atoms with E-state index in [9.17, 15) is 0 Å². The summed E-state index contributed by atoms with van der Waals surface area (Å²) in [6.45, 7) is 1.07. The van der Waals surface area contributed by atoms with Gasteiger partial charge in [-0.1, -0.05) is 31.0 Å². The van der Waals surface area contributed by atoms with Crippen molar-refractivity contribution in [1.29, 1.82) is 0 Å². The first kappa shape index (κ1) is 10.3. The predicted molar refractivity (Wildman–Crippen MR) is 67.6 cm³/mol. The Balaban J connectivity index is 1.61. The van der Waals surface area contributed by atoms with Crippen LogP contribution in [0.2, 0.25) is 0 Å². The third-order valence-electron chi connectivity index (χ3n) is 4.11. The lowest BCUT2D eigenvalue weighted by Gasteiger charge is -2.12. The van der Waals surface area contributed by atoms with E-state index in [0.717, 1.165) is 12.6 Å². The number of hydrogen-bond acceptors (Lipinski definition) is 1. The second kappa shape index (κ2) is 4.58. The summed E-state index contributed by atoms with van der Waals surface area (Å²) in [7, 11) is 0. The molecule has 0 radical (unpaired) electrons. The van der Waals surface area contributed by atoms with Gasteiger partial charge in [0.25, 0.3) is 0 Å². The van der Waals surface area contributed by atoms with Crippen LogP contribution in [0.15, 0.2) is 18.2 Å². The van der Waals surface area contributed by atoms with Crippen molar-refractivity contribution in [2.75, 3.05) is 0 Å². The largest absolute Gasteiger partial charge is 0.310 e. The third kappa shape index (κ3) is 2.15. The van der Waals surface area contributed by atoms with Crippen molar-refractivity contribution < 1.29 is 0 Å². The van der Waals surface area contributed by atoms with Crippen LogP contribution in [0, 0.1) is 0 Å². The Kier molecular flexibility index (Phi) is 2.96. The number of hydrogen-bond donors (Lipinski definition) is 1. The van der Waals surface area contributed by atoms with Crippen LogP contribution in [0.3, 0.4) is 0 Å². The van der Waals surface area contributed by atoms with E-state index in [1.54, 1.807) is 11.1 Å². The van der Waals surface area contributed by atoms with E-state index < -0.39 is 0 Å². The minimum absolute atomic E-state index is 0.785. The summed E-state index contributed by atoms with van der Waals surface area (Å²) < 4.78 is 0. The Labute approximate surface area is 98.3 Å². The van der Waals surface area contributed by atoms with Gasteiger partial charge in [0.15, 0.2) is 0 Å². The summed E-state index contributed by atoms with van der Waals surface area (Å²) in [6, 6.07) is 7.86. The SMILES string of the molecule is c1cc2c(cc1CNC1CCCC1)CCC2. The van der Waals surface area contributed by atoms with E-state index in [0.29, 0.717) is 0 Å². The van der Waals surface area contributed by atoms with Gasteiger partial charge in [-0.25, -0.2) is 0 Å². The molecule has 0 amide bonds. The molecule has 1 N–H and O–H groups in total. The molecule has 0 unspecified atom stereocenters. The molecule has 0 heterocycles. The van der Waals surface area contributed by atoms with Crippen LogP contribution in [0.1, 0.15) is 48.8 Å². The minimum atomic E-state index is 0.785. The van der Waals surface area contributed by atoms with E-state index in [2.05, 4.69) is 23.5 Å². The highest BCUT2D eigenvalue weighted by molar-refractivity contribution is 5.35. The highest BCUT2D eigenvalue weighted by atomic mass is 14.9. The van der Waals surface area contributed by atoms with Gasteiger partial charge in [0.1, 0.15) is 0 Å². The normalized spacial score (nSPS) is 20.2. The molecule has 0 spiro atoms. The van der Waals surface area contributed by atoms with Crippen LogP contribution in [-0.2, 0) is 19.4 Å². The predicted octanol–water partition coefficient (Wildman–Crippen LogP) is 3.21. The Bertz CT molecular complexity index is 364. The molecular weight excluding hydrogens is 194 g/mol. The lowest BCUT2D eigenvalue weighted by Crippen LogP contribution is -2.25. The number of nitrogens with one attached hydrogen (secondary N) is 1. The molecular formula is C15H21N. The Morgan fingerprint density at radius 1 is 1.00 bits per heavy atom. The van der Waals surface area contributed by atoms with Gasteiger partial charge < -0.3 is 5.32 Å². The molecule has 0 saturated heterocycles. The van der Waals surface area contributed by atoms with Gasteiger partial charge in [0, 0.05) is 12.6 Å². The summed E-state index contributed by atoms with van der Waals surface area (Å²) >= 11 is 0. The van der Waals surface area contributed by atoms with Crippen molar-refractivity contribution >= 4 is 0 Å². The Morgan fingerprint density at radius 2 is 1.81 bits per heavy atom. The Hall–Kier alpha value is -0.820. The lowest BCUT2D eigenvalue weighted by atomic mass is 10.1. The minimum Gasteiger partial charge on any atom is -0.310 e. The van der Waals surface area contributed by atoms with Crippen LogP contribution in [0.5, 0.6) is 0 Å². The fourth-order valence-corrected chi connectivity index (χ4v) is 3.13. The number of fused-ring (bicyclic) bond motifs is 1. The molecule has 86 valence electrons. The van der Waals surface area contributed by atoms with Gasteiger partial charge in [-0.2, -0.15) is 0 Å². The average molecular weight is 215 g/mol. The van der Waals surface area contributed by atoms with E-state index in [-0.39, 0.29) is 0 Å². The van der Waals surface area contributed by atoms with Gasteiger partial charge in [-0.05, 0) is 48.8 Å². The van der Waals surface area contributed by atoms with Crippen LogP contribution < -0.4 is 5.32 Å². The van der Waals surface area contributed by atoms with Gasteiger partial charge in [-0.3, -0.25) is 0 Å². The van der Waals surface area contributed by atoms with Crippen LogP contribution in [-0.4, -0.2) is 6.04 Å². The number of rotatable bonds is 3. The zero-order chi connectivity index (χ0) is 10.8. The smallest absolute Gasteiger partial charge is 0.0208 e. The van der Waals surface area contributed by atoms with E-state index in [4.69, 9.17) is 0 Å². The maximum atomic E-state index is 3.69. The molecule has 1 saturated carbocycles. The monoisotopic (exact) mass is 215 g/mol. The molecule has 0 aromatic heterocycles. The second-order valence-electron chi connectivity index (χ2n) is 5.32. The third-order valence-corrected chi connectivity index (χ3v) is 4.11.